The number of hydrogen-bond acceptors (Lipinski definition) is 15. The SMILES string of the molecule is CCOc1cc(N2CCC(N3CCN(C(=O)CN4CCN(c5cc(F)c([C@H]6CCC(=O)NC6=O)c(F)c5)CC4)CC3)CC2)c(CC)cc1Nc1ncc(C)c(Nc2ccc3c(=O)n(CC)ncc3c2P(C)(C)=O)n1. The van der Waals surface area contributed by atoms with E-state index >= 15 is 8.78 Å². The third-order valence-corrected chi connectivity index (χ3v) is 16.5. The highest BCUT2D eigenvalue weighted by Crippen LogP contribution is 2.42. The number of aromatic nitrogens is 4. The molecule has 3 amide bonds. The minimum absolute atomic E-state index is 0.0331. The highest BCUT2D eigenvalue weighted by atomic mass is 31.2. The molecular weight excluding hydrogens is 970 g/mol. The van der Waals surface area contributed by atoms with Crippen LogP contribution in [-0.4, -0.2) is 150 Å². The van der Waals surface area contributed by atoms with Crippen molar-refractivity contribution in [3.05, 3.63) is 87.5 Å². The number of amides is 3. The van der Waals surface area contributed by atoms with Gasteiger partial charge in [-0.05, 0) is 95.7 Å². The van der Waals surface area contributed by atoms with Gasteiger partial charge in [-0.25, -0.2) is 18.4 Å². The number of hydrogen-bond donors (Lipinski definition) is 3. The van der Waals surface area contributed by atoms with Crippen LogP contribution in [0.3, 0.4) is 0 Å². The van der Waals surface area contributed by atoms with Gasteiger partial charge in [-0.1, -0.05) is 6.92 Å². The molecule has 2 aromatic heterocycles. The predicted octanol–water partition coefficient (Wildman–Crippen LogP) is 5.94. The molecule has 0 saturated carbocycles. The first-order chi connectivity index (χ1) is 35.5. The molecule has 0 radical (unpaired) electrons. The second kappa shape index (κ2) is 22.1. The van der Waals surface area contributed by atoms with Gasteiger partial charge in [-0.2, -0.15) is 10.1 Å². The number of nitrogens with zero attached hydrogens (tertiary/aromatic N) is 9. The van der Waals surface area contributed by atoms with Gasteiger partial charge in [-0.3, -0.25) is 34.3 Å². The number of carbonyl (C=O) groups is 3. The number of anilines is 6. The zero-order valence-corrected chi connectivity index (χ0v) is 44.1. The monoisotopic (exact) mass is 1040 g/mol. The number of fused-ring (bicyclic) bond motifs is 1. The van der Waals surface area contributed by atoms with Gasteiger partial charge in [0.2, 0.25) is 23.7 Å². The van der Waals surface area contributed by atoms with E-state index in [2.05, 4.69) is 59.8 Å². The maximum Gasteiger partial charge on any atom is 0.274 e. The smallest absolute Gasteiger partial charge is 0.274 e. The highest BCUT2D eigenvalue weighted by molar-refractivity contribution is 7.71. The van der Waals surface area contributed by atoms with Crippen molar-refractivity contribution in [1.82, 2.24) is 39.8 Å². The van der Waals surface area contributed by atoms with E-state index in [9.17, 15) is 23.7 Å². The Hall–Kier alpha value is -6.50. The average molecular weight is 1040 g/mol. The van der Waals surface area contributed by atoms with Crippen molar-refractivity contribution in [2.45, 2.75) is 78.3 Å². The number of halogens is 2. The topological polar surface area (TPSA) is 190 Å². The average Bonchev–Trinajstić information content (AvgIpc) is 3.38. The van der Waals surface area contributed by atoms with E-state index in [0.29, 0.717) is 103 Å². The molecule has 21 heteroatoms. The third-order valence-electron chi connectivity index (χ3n) is 14.9. The van der Waals surface area contributed by atoms with Crippen molar-refractivity contribution in [2.75, 3.05) is 112 Å². The summed E-state index contributed by atoms with van der Waals surface area (Å²) in [5.41, 5.74) is 4.26. The Kier molecular flexibility index (Phi) is 15.7. The maximum absolute atomic E-state index is 15.3. The van der Waals surface area contributed by atoms with Gasteiger partial charge in [0, 0.05) is 130 Å². The highest BCUT2D eigenvalue weighted by Gasteiger charge is 2.35. The Balaban J connectivity index is 0.780. The quantitative estimate of drug-likeness (QED) is 0.0824. The first-order valence-electron chi connectivity index (χ1n) is 25.9. The van der Waals surface area contributed by atoms with E-state index in [1.165, 1.54) is 16.8 Å². The van der Waals surface area contributed by atoms with E-state index in [1.807, 2.05) is 30.6 Å². The molecule has 0 unspecified atom stereocenters. The summed E-state index contributed by atoms with van der Waals surface area (Å²) in [5.74, 6) is -2.12. The molecule has 4 fully saturated rings. The predicted molar refractivity (Wildman–Crippen MR) is 285 cm³/mol. The van der Waals surface area contributed by atoms with Crippen LogP contribution in [0.4, 0.5) is 43.3 Å². The Morgan fingerprint density at radius 1 is 0.838 bits per heavy atom. The molecule has 3 aromatic carbocycles. The van der Waals surface area contributed by atoms with Crippen molar-refractivity contribution >= 4 is 75.5 Å². The molecule has 18 nitrogen and oxygen atoms in total. The van der Waals surface area contributed by atoms with E-state index in [0.717, 1.165) is 67.9 Å². The Bertz CT molecular complexity index is 3030. The van der Waals surface area contributed by atoms with Crippen molar-refractivity contribution in [1.29, 1.82) is 0 Å². The normalized spacial score (nSPS) is 18.5. The van der Waals surface area contributed by atoms with Gasteiger partial charge in [0.05, 0.1) is 42.0 Å². The van der Waals surface area contributed by atoms with Crippen LogP contribution in [0.1, 0.15) is 69.1 Å². The fourth-order valence-electron chi connectivity index (χ4n) is 10.9. The van der Waals surface area contributed by atoms with Gasteiger partial charge >= 0.3 is 0 Å². The molecule has 6 heterocycles. The van der Waals surface area contributed by atoms with Crippen molar-refractivity contribution < 1.29 is 32.5 Å². The minimum atomic E-state index is -2.91. The zero-order valence-electron chi connectivity index (χ0n) is 43.2. The fourth-order valence-corrected chi connectivity index (χ4v) is 12.4. The van der Waals surface area contributed by atoms with Gasteiger partial charge in [-0.15, -0.1) is 0 Å². The number of piperidine rings is 2. The summed E-state index contributed by atoms with van der Waals surface area (Å²) < 4.78 is 51.9. The molecule has 74 heavy (non-hydrogen) atoms. The second-order valence-electron chi connectivity index (χ2n) is 20.0. The summed E-state index contributed by atoms with van der Waals surface area (Å²) in [6.07, 6.45) is 6.22. The fraction of sp³-hybridized carbons (Fsp3) is 0.491. The third kappa shape index (κ3) is 11.1. The van der Waals surface area contributed by atoms with Crippen LogP contribution in [0.15, 0.2) is 53.6 Å². The molecule has 9 rings (SSSR count). The number of nitrogens with one attached hydrogen (secondary N) is 3. The maximum atomic E-state index is 15.3. The van der Waals surface area contributed by atoms with Gasteiger partial charge in [0.1, 0.15) is 30.3 Å². The molecule has 0 spiro atoms. The lowest BCUT2D eigenvalue weighted by molar-refractivity contribution is -0.135. The van der Waals surface area contributed by atoms with Crippen LogP contribution < -0.4 is 41.4 Å². The lowest BCUT2D eigenvalue weighted by atomic mass is 9.89. The van der Waals surface area contributed by atoms with Gasteiger partial charge < -0.3 is 34.6 Å². The summed E-state index contributed by atoms with van der Waals surface area (Å²) in [7, 11) is -2.91. The lowest BCUT2D eigenvalue weighted by Gasteiger charge is -2.44. The summed E-state index contributed by atoms with van der Waals surface area (Å²) in [6, 6.07) is 10.7. The van der Waals surface area contributed by atoms with E-state index in [4.69, 9.17) is 9.72 Å². The van der Waals surface area contributed by atoms with E-state index in [1.54, 1.807) is 37.9 Å². The molecule has 4 aliphatic heterocycles. The van der Waals surface area contributed by atoms with Crippen LogP contribution in [0.2, 0.25) is 0 Å². The number of carbonyl (C=O) groups excluding carboxylic acids is 3. The minimum Gasteiger partial charge on any atom is -0.492 e. The van der Waals surface area contributed by atoms with Crippen LogP contribution in [0, 0.1) is 18.6 Å². The largest absolute Gasteiger partial charge is 0.492 e. The molecule has 0 aliphatic carbocycles. The Morgan fingerprint density at radius 2 is 1.55 bits per heavy atom. The molecule has 0 bridgehead atoms. The molecule has 3 N–H and O–H groups in total. The lowest BCUT2D eigenvalue weighted by Crippen LogP contribution is -2.56. The summed E-state index contributed by atoms with van der Waals surface area (Å²) >= 11 is 0. The Labute approximate surface area is 430 Å². The van der Waals surface area contributed by atoms with Gasteiger partial charge in [0.25, 0.3) is 5.56 Å². The zero-order chi connectivity index (χ0) is 52.4. The standard InChI is InChI=1S/C53H67F2N12O6P/c1-7-34-26-43(59-53-56-30-33(4)50(61-53)58-42-12-10-37-39(49(42)74(5,6)72)31-57-67(8-2)52(37)71)45(73-9-3)29-44(34)65-16-14-35(15-17-65)63-22-24-66(25-23-63)47(69)32-62-18-20-64(21-19-62)36-27-40(54)48(41(55)28-36)38-11-13-46(68)60-51(38)70/h10,12,26-31,35,38H,7-9,11,13-25,32H2,1-6H3,(H,60,68,70)(H2,56,58,59,61)/t38-/m1/s1. The second-order valence-corrected chi connectivity index (χ2v) is 23.2. The van der Waals surface area contributed by atoms with Crippen molar-refractivity contribution in [3.8, 4) is 5.75 Å². The van der Waals surface area contributed by atoms with Crippen LogP contribution in [-0.2, 0) is 31.9 Å². The molecule has 4 saturated heterocycles. The first-order valence-corrected chi connectivity index (χ1v) is 28.5. The summed E-state index contributed by atoms with van der Waals surface area (Å²) in [4.78, 5) is 71.0. The summed E-state index contributed by atoms with van der Waals surface area (Å²) in [5, 5.41) is 14.9. The van der Waals surface area contributed by atoms with Crippen molar-refractivity contribution in [3.63, 3.8) is 0 Å². The van der Waals surface area contributed by atoms with Crippen LogP contribution in [0.5, 0.6) is 5.75 Å². The van der Waals surface area contributed by atoms with E-state index < -0.39 is 36.5 Å². The molecule has 394 valence electrons. The molecule has 4 aliphatic rings. The Morgan fingerprint density at radius 3 is 2.20 bits per heavy atom. The number of ether oxygens (including phenoxy) is 1. The molecule has 1 atom stereocenters. The number of piperazine rings is 2. The molecule has 5 aromatic rings. The summed E-state index contributed by atoms with van der Waals surface area (Å²) in [6.45, 7) is 19.2. The van der Waals surface area contributed by atoms with Gasteiger partial charge in [0.15, 0.2) is 0 Å². The van der Waals surface area contributed by atoms with Crippen LogP contribution >= 0.6 is 7.14 Å². The number of benzene rings is 3. The number of aryl methyl sites for hydroxylation is 3. The van der Waals surface area contributed by atoms with E-state index in [-0.39, 0.29) is 36.4 Å². The van der Waals surface area contributed by atoms with Crippen molar-refractivity contribution in [2.24, 2.45) is 0 Å². The molecular formula is C53H67F2N12O6P. The first kappa shape index (κ1) is 52.4. The number of rotatable bonds is 15. The number of imide groups is 1. The van der Waals surface area contributed by atoms with Crippen LogP contribution in [0.25, 0.3) is 10.8 Å².